The normalized spacial score (nSPS) is 22.4. The van der Waals surface area contributed by atoms with Crippen LogP contribution in [0.25, 0.3) is 0 Å². The second-order valence-corrected chi connectivity index (χ2v) is 10.1. The highest BCUT2D eigenvalue weighted by atomic mass is 16.2. The summed E-state index contributed by atoms with van der Waals surface area (Å²) in [6, 6.07) is 20.1. The lowest BCUT2D eigenvalue weighted by Gasteiger charge is -2.32. The SMILES string of the molecule is C[C@@H](C(=O)N1CCCC1C(=O)NCC1CCC2=NCC=C2C1)C(c1ccccc1)c1ccccc1. The average Bonchev–Trinajstić information content (AvgIpc) is 3.58. The van der Waals surface area contributed by atoms with E-state index in [4.69, 9.17) is 0 Å². The van der Waals surface area contributed by atoms with Gasteiger partial charge in [-0.1, -0.05) is 73.7 Å². The summed E-state index contributed by atoms with van der Waals surface area (Å²) in [7, 11) is 0. The minimum Gasteiger partial charge on any atom is -0.354 e. The number of carbonyl (C=O) groups excluding carboxylic acids is 2. The topological polar surface area (TPSA) is 61.8 Å². The number of nitrogens with one attached hydrogen (secondary N) is 1. The molecule has 0 spiro atoms. The monoisotopic (exact) mass is 469 g/mol. The Morgan fingerprint density at radius 3 is 2.40 bits per heavy atom. The van der Waals surface area contributed by atoms with Crippen LogP contribution in [0.15, 0.2) is 77.3 Å². The van der Waals surface area contributed by atoms with Crippen LogP contribution in [0, 0.1) is 11.8 Å². The van der Waals surface area contributed by atoms with Gasteiger partial charge in [0.15, 0.2) is 0 Å². The van der Waals surface area contributed by atoms with Crippen molar-refractivity contribution < 1.29 is 9.59 Å². The van der Waals surface area contributed by atoms with Crippen molar-refractivity contribution >= 4 is 17.5 Å². The van der Waals surface area contributed by atoms with Crippen molar-refractivity contribution in [2.24, 2.45) is 16.8 Å². The maximum Gasteiger partial charge on any atom is 0.242 e. The zero-order valence-electron chi connectivity index (χ0n) is 20.5. The lowest BCUT2D eigenvalue weighted by Crippen LogP contribution is -2.49. The molecule has 2 fully saturated rings. The van der Waals surface area contributed by atoms with Crippen LogP contribution in [0.3, 0.4) is 0 Å². The molecule has 1 aliphatic carbocycles. The number of allylic oxidation sites excluding steroid dienone is 1. The number of amides is 2. The van der Waals surface area contributed by atoms with Gasteiger partial charge in [-0.2, -0.15) is 0 Å². The average molecular weight is 470 g/mol. The van der Waals surface area contributed by atoms with E-state index in [1.807, 2.05) is 48.2 Å². The maximum absolute atomic E-state index is 13.8. The first-order chi connectivity index (χ1) is 17.1. The lowest BCUT2D eigenvalue weighted by atomic mass is 9.81. The summed E-state index contributed by atoms with van der Waals surface area (Å²) >= 11 is 0. The molecule has 2 amide bonds. The summed E-state index contributed by atoms with van der Waals surface area (Å²) in [5, 5.41) is 3.19. The minimum absolute atomic E-state index is 0.00103. The molecule has 2 aliphatic heterocycles. The third kappa shape index (κ3) is 5.09. The summed E-state index contributed by atoms with van der Waals surface area (Å²) in [6.45, 7) is 4.15. The molecule has 2 aromatic rings. The predicted octanol–water partition coefficient (Wildman–Crippen LogP) is 4.74. The van der Waals surface area contributed by atoms with Crippen molar-refractivity contribution in [3.63, 3.8) is 0 Å². The molecule has 0 aromatic heterocycles. The summed E-state index contributed by atoms with van der Waals surface area (Å²) in [5.74, 6) is 0.201. The van der Waals surface area contributed by atoms with Crippen molar-refractivity contribution in [1.82, 2.24) is 10.2 Å². The van der Waals surface area contributed by atoms with Crippen molar-refractivity contribution in [1.29, 1.82) is 0 Å². The Balaban J connectivity index is 1.26. The molecule has 3 aliphatic rings. The molecule has 2 aromatic carbocycles. The van der Waals surface area contributed by atoms with Crippen LogP contribution >= 0.6 is 0 Å². The van der Waals surface area contributed by atoms with Gasteiger partial charge in [0.2, 0.25) is 11.8 Å². The summed E-state index contributed by atoms with van der Waals surface area (Å²) < 4.78 is 0. The molecule has 1 saturated carbocycles. The largest absolute Gasteiger partial charge is 0.354 e. The van der Waals surface area contributed by atoms with Crippen molar-refractivity contribution in [3.8, 4) is 0 Å². The first-order valence-electron chi connectivity index (χ1n) is 13.0. The smallest absolute Gasteiger partial charge is 0.242 e. The van der Waals surface area contributed by atoms with E-state index in [1.54, 1.807) is 0 Å². The highest BCUT2D eigenvalue weighted by Gasteiger charge is 2.39. The Bertz CT molecular complexity index is 1070. The number of benzene rings is 2. The van der Waals surface area contributed by atoms with Crippen LogP contribution in [-0.2, 0) is 9.59 Å². The number of fused-ring (bicyclic) bond motifs is 1. The Labute approximate surface area is 208 Å². The van der Waals surface area contributed by atoms with E-state index in [2.05, 4.69) is 40.7 Å². The molecule has 5 heteroatoms. The van der Waals surface area contributed by atoms with Gasteiger partial charge in [-0.15, -0.1) is 0 Å². The Morgan fingerprint density at radius 1 is 1.03 bits per heavy atom. The van der Waals surface area contributed by atoms with Crippen molar-refractivity contribution in [2.45, 2.75) is 51.0 Å². The number of hydrogen-bond acceptors (Lipinski definition) is 3. The summed E-state index contributed by atoms with van der Waals surface area (Å²) in [5.41, 5.74) is 4.89. The van der Waals surface area contributed by atoms with Crippen LogP contribution in [0.2, 0.25) is 0 Å². The van der Waals surface area contributed by atoms with Gasteiger partial charge in [0.25, 0.3) is 0 Å². The summed E-state index contributed by atoms with van der Waals surface area (Å²) in [6.07, 6.45) is 6.90. The Hall–Kier alpha value is -3.21. The van der Waals surface area contributed by atoms with Gasteiger partial charge in [-0.25, -0.2) is 0 Å². The van der Waals surface area contributed by atoms with E-state index >= 15 is 0 Å². The molecule has 35 heavy (non-hydrogen) atoms. The highest BCUT2D eigenvalue weighted by Crippen LogP contribution is 2.35. The fourth-order valence-corrected chi connectivity index (χ4v) is 6.01. The predicted molar refractivity (Wildman–Crippen MR) is 139 cm³/mol. The van der Waals surface area contributed by atoms with E-state index in [-0.39, 0.29) is 29.7 Å². The quantitative estimate of drug-likeness (QED) is 0.637. The molecular weight excluding hydrogens is 434 g/mol. The zero-order valence-corrected chi connectivity index (χ0v) is 20.5. The first kappa shape index (κ1) is 23.5. The van der Waals surface area contributed by atoms with Crippen LogP contribution in [0.1, 0.15) is 56.1 Å². The third-order valence-corrected chi connectivity index (χ3v) is 7.90. The van der Waals surface area contributed by atoms with Crippen LogP contribution < -0.4 is 5.32 Å². The Kier molecular flexibility index (Phi) is 7.12. The van der Waals surface area contributed by atoms with E-state index in [0.29, 0.717) is 19.0 Å². The number of carbonyl (C=O) groups is 2. The molecule has 182 valence electrons. The van der Waals surface area contributed by atoms with Gasteiger partial charge in [0, 0.05) is 30.6 Å². The zero-order chi connectivity index (χ0) is 24.2. The number of hydrogen-bond donors (Lipinski definition) is 1. The molecular formula is C30H35N3O2. The molecule has 3 atom stereocenters. The molecule has 5 rings (SSSR count). The second-order valence-electron chi connectivity index (χ2n) is 10.1. The molecule has 5 nitrogen and oxygen atoms in total. The van der Waals surface area contributed by atoms with E-state index in [0.717, 1.165) is 49.8 Å². The van der Waals surface area contributed by atoms with E-state index in [9.17, 15) is 9.59 Å². The van der Waals surface area contributed by atoms with Crippen LogP contribution in [0.4, 0.5) is 0 Å². The van der Waals surface area contributed by atoms with Crippen LogP contribution in [-0.4, -0.2) is 48.1 Å². The lowest BCUT2D eigenvalue weighted by molar-refractivity contribution is -0.141. The molecule has 2 heterocycles. The van der Waals surface area contributed by atoms with Gasteiger partial charge in [0.05, 0.1) is 6.54 Å². The molecule has 0 bridgehead atoms. The van der Waals surface area contributed by atoms with E-state index in [1.165, 1.54) is 11.3 Å². The minimum atomic E-state index is -0.372. The molecule has 1 N–H and O–H groups in total. The Morgan fingerprint density at radius 2 is 1.71 bits per heavy atom. The van der Waals surface area contributed by atoms with Gasteiger partial charge in [-0.3, -0.25) is 14.6 Å². The fraction of sp³-hybridized carbons (Fsp3) is 0.433. The molecule has 2 unspecified atom stereocenters. The second kappa shape index (κ2) is 10.6. The number of nitrogens with zero attached hydrogens (tertiary/aromatic N) is 2. The fourth-order valence-electron chi connectivity index (χ4n) is 6.01. The van der Waals surface area contributed by atoms with Crippen LogP contribution in [0.5, 0.6) is 0 Å². The third-order valence-electron chi connectivity index (χ3n) is 7.90. The molecule has 1 saturated heterocycles. The standard InChI is InChI=1S/C30H35N3O2/c1-21(28(23-9-4-2-5-10-23)24-11-6-3-7-12-24)30(35)33-18-8-13-27(33)29(34)32-20-22-14-15-26-25(19-22)16-17-31-26/h2-7,9-12,16,21-22,27-28H,8,13-15,17-20H2,1H3,(H,32,34)/t21-,22?,27?/m1/s1. The summed E-state index contributed by atoms with van der Waals surface area (Å²) in [4.78, 5) is 33.4. The number of aliphatic imine (C=N–C) groups is 1. The van der Waals surface area contributed by atoms with Gasteiger partial charge < -0.3 is 10.2 Å². The van der Waals surface area contributed by atoms with E-state index < -0.39 is 0 Å². The van der Waals surface area contributed by atoms with Gasteiger partial charge in [-0.05, 0) is 54.7 Å². The van der Waals surface area contributed by atoms with Gasteiger partial charge in [0.1, 0.15) is 6.04 Å². The number of likely N-dealkylation sites (tertiary alicyclic amines) is 1. The van der Waals surface area contributed by atoms with Gasteiger partial charge >= 0.3 is 0 Å². The maximum atomic E-state index is 13.8. The number of rotatable bonds is 7. The first-order valence-corrected chi connectivity index (χ1v) is 13.0. The van der Waals surface area contributed by atoms with Crippen molar-refractivity contribution in [3.05, 3.63) is 83.4 Å². The van der Waals surface area contributed by atoms with Crippen molar-refractivity contribution in [2.75, 3.05) is 19.6 Å². The highest BCUT2D eigenvalue weighted by molar-refractivity contribution is 6.02. The molecule has 0 radical (unpaired) electrons.